The molecule has 0 saturated heterocycles. The number of benzene rings is 1. The number of ether oxygens (including phenoxy) is 1. The molecular weight excluding hydrogens is 380 g/mol. The van der Waals surface area contributed by atoms with Gasteiger partial charge in [-0.15, -0.1) is 11.3 Å². The minimum atomic E-state index is 0.197. The molecule has 3 rings (SSSR count). The van der Waals surface area contributed by atoms with E-state index in [1.54, 1.807) is 11.8 Å². The van der Waals surface area contributed by atoms with Crippen LogP contribution in [0.1, 0.15) is 16.0 Å². The number of aryl methyl sites for hydroxylation is 2. The van der Waals surface area contributed by atoms with Gasteiger partial charge >= 0.3 is 0 Å². The molecule has 2 N–H and O–H groups in total. The summed E-state index contributed by atoms with van der Waals surface area (Å²) in [6.45, 7) is 4.68. The Morgan fingerprint density at radius 1 is 1.19 bits per heavy atom. The molecule has 140 valence electrons. The Kier molecular flexibility index (Phi) is 6.31. The minimum Gasteiger partial charge on any atom is -0.462 e. The molecule has 0 radical (unpaired) electrons. The van der Waals surface area contributed by atoms with Gasteiger partial charge in [-0.2, -0.15) is 0 Å². The third-order valence-electron chi connectivity index (χ3n) is 3.90. The minimum absolute atomic E-state index is 0.197. The van der Waals surface area contributed by atoms with Crippen molar-refractivity contribution in [1.29, 1.82) is 0 Å². The van der Waals surface area contributed by atoms with E-state index in [1.165, 1.54) is 11.3 Å². The zero-order valence-electron chi connectivity index (χ0n) is 15.3. The van der Waals surface area contributed by atoms with Crippen molar-refractivity contribution in [3.8, 4) is 0 Å². The SMILES string of the molecule is CSc1nc(Nc2cc(Nc3ccccc3C)ncc2C)c(COC=O)s1. The number of thioether (sulfide) groups is 1. The molecule has 0 amide bonds. The molecule has 0 fully saturated rings. The van der Waals surface area contributed by atoms with Crippen LogP contribution in [-0.4, -0.2) is 22.7 Å². The van der Waals surface area contributed by atoms with Crippen LogP contribution in [-0.2, 0) is 16.1 Å². The third-order valence-corrected chi connectivity index (χ3v) is 5.91. The molecule has 0 bridgehead atoms. The maximum Gasteiger partial charge on any atom is 0.293 e. The molecule has 0 aliphatic carbocycles. The first-order valence-electron chi connectivity index (χ1n) is 8.26. The molecule has 0 unspecified atom stereocenters. The molecule has 8 heteroatoms. The summed E-state index contributed by atoms with van der Waals surface area (Å²) in [4.78, 5) is 20.5. The number of pyridine rings is 1. The largest absolute Gasteiger partial charge is 0.462 e. The van der Waals surface area contributed by atoms with E-state index < -0.39 is 0 Å². The number of hydrogen-bond donors (Lipinski definition) is 2. The average Bonchev–Trinajstić information content (AvgIpc) is 3.06. The lowest BCUT2D eigenvalue weighted by Gasteiger charge is -2.13. The van der Waals surface area contributed by atoms with Crippen LogP contribution in [0, 0.1) is 13.8 Å². The predicted octanol–water partition coefficient (Wildman–Crippen LogP) is 5.04. The summed E-state index contributed by atoms with van der Waals surface area (Å²) in [6, 6.07) is 10.0. The van der Waals surface area contributed by atoms with Gasteiger partial charge in [0.1, 0.15) is 18.2 Å². The van der Waals surface area contributed by atoms with Crippen molar-refractivity contribution in [3.05, 3.63) is 52.5 Å². The van der Waals surface area contributed by atoms with Gasteiger partial charge in [0.15, 0.2) is 4.34 Å². The van der Waals surface area contributed by atoms with Crippen LogP contribution in [0.15, 0.2) is 40.9 Å². The Bertz CT molecular complexity index is 943. The van der Waals surface area contributed by atoms with E-state index in [-0.39, 0.29) is 6.61 Å². The summed E-state index contributed by atoms with van der Waals surface area (Å²) in [5.41, 5.74) is 4.04. The Hall–Kier alpha value is -2.58. The van der Waals surface area contributed by atoms with E-state index in [4.69, 9.17) is 4.74 Å². The zero-order valence-corrected chi connectivity index (χ0v) is 16.9. The molecule has 2 heterocycles. The number of carbonyl (C=O) groups is 1. The van der Waals surface area contributed by atoms with Gasteiger partial charge in [-0.1, -0.05) is 30.0 Å². The second kappa shape index (κ2) is 8.88. The van der Waals surface area contributed by atoms with Gasteiger partial charge in [-0.3, -0.25) is 4.79 Å². The maximum atomic E-state index is 10.5. The summed E-state index contributed by atoms with van der Waals surface area (Å²) in [5, 5.41) is 6.70. The van der Waals surface area contributed by atoms with Crippen molar-refractivity contribution >= 4 is 52.6 Å². The maximum absolute atomic E-state index is 10.5. The van der Waals surface area contributed by atoms with Gasteiger partial charge in [0.2, 0.25) is 0 Å². The van der Waals surface area contributed by atoms with E-state index in [2.05, 4.69) is 20.6 Å². The second-order valence-electron chi connectivity index (χ2n) is 5.81. The quantitative estimate of drug-likeness (QED) is 0.405. The van der Waals surface area contributed by atoms with E-state index in [9.17, 15) is 4.79 Å². The highest BCUT2D eigenvalue weighted by Gasteiger charge is 2.13. The molecule has 0 aliphatic heterocycles. The van der Waals surface area contributed by atoms with E-state index in [1.807, 2.05) is 56.6 Å². The lowest BCUT2D eigenvalue weighted by atomic mass is 10.2. The fourth-order valence-electron chi connectivity index (χ4n) is 2.43. The second-order valence-corrected chi connectivity index (χ2v) is 7.95. The highest BCUT2D eigenvalue weighted by Crippen LogP contribution is 2.33. The Morgan fingerprint density at radius 2 is 2.00 bits per heavy atom. The number of para-hydroxylation sites is 1. The summed E-state index contributed by atoms with van der Waals surface area (Å²) in [6.07, 6.45) is 3.78. The van der Waals surface area contributed by atoms with Gasteiger partial charge in [0, 0.05) is 23.6 Å². The molecule has 3 aromatic rings. The van der Waals surface area contributed by atoms with Gasteiger partial charge in [0.05, 0.1) is 4.88 Å². The zero-order chi connectivity index (χ0) is 19.2. The molecule has 27 heavy (non-hydrogen) atoms. The third kappa shape index (κ3) is 4.78. The van der Waals surface area contributed by atoms with Gasteiger partial charge < -0.3 is 15.4 Å². The topological polar surface area (TPSA) is 76.1 Å². The van der Waals surface area contributed by atoms with Crippen molar-refractivity contribution in [1.82, 2.24) is 9.97 Å². The molecule has 2 aromatic heterocycles. The highest BCUT2D eigenvalue weighted by molar-refractivity contribution is 8.00. The molecule has 0 atom stereocenters. The lowest BCUT2D eigenvalue weighted by Crippen LogP contribution is -2.01. The van der Waals surface area contributed by atoms with Crippen LogP contribution in [0.3, 0.4) is 0 Å². The Labute approximate surface area is 166 Å². The first kappa shape index (κ1) is 19.2. The normalized spacial score (nSPS) is 10.5. The smallest absolute Gasteiger partial charge is 0.293 e. The molecule has 0 saturated carbocycles. The summed E-state index contributed by atoms with van der Waals surface area (Å²) in [7, 11) is 0. The van der Waals surface area contributed by atoms with Crippen LogP contribution in [0.5, 0.6) is 0 Å². The van der Waals surface area contributed by atoms with Crippen molar-refractivity contribution in [2.45, 2.75) is 24.8 Å². The van der Waals surface area contributed by atoms with Crippen LogP contribution in [0.25, 0.3) is 0 Å². The average molecular weight is 401 g/mol. The van der Waals surface area contributed by atoms with Crippen LogP contribution < -0.4 is 10.6 Å². The number of aromatic nitrogens is 2. The number of nitrogens with zero attached hydrogens (tertiary/aromatic N) is 2. The van der Waals surface area contributed by atoms with Gasteiger partial charge in [-0.05, 0) is 37.3 Å². The number of hydrogen-bond acceptors (Lipinski definition) is 8. The number of thiazole rings is 1. The number of rotatable bonds is 8. The fraction of sp³-hybridized carbons (Fsp3) is 0.211. The van der Waals surface area contributed by atoms with Gasteiger partial charge in [0.25, 0.3) is 6.47 Å². The monoisotopic (exact) mass is 400 g/mol. The number of carbonyl (C=O) groups excluding carboxylic acids is 1. The van der Waals surface area contributed by atoms with Crippen LogP contribution >= 0.6 is 23.1 Å². The Morgan fingerprint density at radius 3 is 2.74 bits per heavy atom. The Balaban J connectivity index is 1.86. The van der Waals surface area contributed by atoms with Crippen molar-refractivity contribution < 1.29 is 9.53 Å². The summed E-state index contributed by atoms with van der Waals surface area (Å²) in [5.74, 6) is 1.44. The molecule has 0 spiro atoms. The van der Waals surface area contributed by atoms with E-state index >= 15 is 0 Å². The highest BCUT2D eigenvalue weighted by atomic mass is 32.2. The predicted molar refractivity (Wildman–Crippen MR) is 111 cm³/mol. The first-order valence-corrected chi connectivity index (χ1v) is 10.3. The summed E-state index contributed by atoms with van der Waals surface area (Å²) < 4.78 is 5.83. The standard InChI is InChI=1S/C19H20N4O2S2/c1-12-6-4-5-7-14(12)21-17-8-15(13(2)9-20-17)22-18-16(10-25-11-24)27-19(23-18)26-3/h4-9,11H,10H2,1-3H3,(H2,20,21,22). The van der Waals surface area contributed by atoms with E-state index in [0.717, 1.165) is 37.5 Å². The molecular formula is C19H20N4O2S2. The summed E-state index contributed by atoms with van der Waals surface area (Å²) >= 11 is 3.06. The molecule has 0 aliphatic rings. The van der Waals surface area contributed by atoms with Crippen LogP contribution in [0.4, 0.5) is 23.0 Å². The number of anilines is 4. The van der Waals surface area contributed by atoms with E-state index in [0.29, 0.717) is 12.3 Å². The fourth-order valence-corrected chi connectivity index (χ4v) is 3.91. The van der Waals surface area contributed by atoms with Crippen LogP contribution in [0.2, 0.25) is 0 Å². The lowest BCUT2D eigenvalue weighted by molar-refractivity contribution is -0.129. The van der Waals surface area contributed by atoms with Crippen molar-refractivity contribution in [3.63, 3.8) is 0 Å². The van der Waals surface area contributed by atoms with Crippen molar-refractivity contribution in [2.24, 2.45) is 0 Å². The molecule has 6 nitrogen and oxygen atoms in total. The number of nitrogens with one attached hydrogen (secondary N) is 2. The van der Waals surface area contributed by atoms with Gasteiger partial charge in [-0.25, -0.2) is 9.97 Å². The molecule has 1 aromatic carbocycles. The first-order chi connectivity index (χ1) is 13.1. The van der Waals surface area contributed by atoms with Crippen molar-refractivity contribution in [2.75, 3.05) is 16.9 Å².